The van der Waals surface area contributed by atoms with Crippen molar-refractivity contribution in [3.05, 3.63) is 28.8 Å². The molecule has 0 bridgehead atoms. The first-order valence-corrected chi connectivity index (χ1v) is 7.63. The standard InChI is InChI=1S/C16H19ClN2/c17-14-7-8-16(13(10-14)11-18)19-9-3-5-12-4-1-2-6-15(12)19/h7-8,10,12,15H,1-6,9H2. The molecule has 100 valence electrons. The molecule has 2 fully saturated rings. The van der Waals surface area contributed by atoms with Gasteiger partial charge < -0.3 is 4.90 Å². The van der Waals surface area contributed by atoms with Gasteiger partial charge in [0.15, 0.2) is 0 Å². The molecule has 2 aliphatic rings. The fourth-order valence-corrected chi connectivity index (χ4v) is 3.94. The first-order valence-electron chi connectivity index (χ1n) is 7.26. The molecule has 1 aromatic rings. The highest BCUT2D eigenvalue weighted by Gasteiger charge is 2.34. The third-order valence-electron chi connectivity index (χ3n) is 4.63. The Labute approximate surface area is 120 Å². The van der Waals surface area contributed by atoms with Crippen molar-refractivity contribution in [2.45, 2.75) is 44.6 Å². The highest BCUT2D eigenvalue weighted by molar-refractivity contribution is 6.30. The number of hydrogen-bond donors (Lipinski definition) is 0. The summed E-state index contributed by atoms with van der Waals surface area (Å²) in [7, 11) is 0. The number of nitrogens with zero attached hydrogens (tertiary/aromatic N) is 2. The van der Waals surface area contributed by atoms with Gasteiger partial charge in [-0.25, -0.2) is 0 Å². The first-order chi connectivity index (χ1) is 9.29. The van der Waals surface area contributed by atoms with E-state index in [0.29, 0.717) is 11.1 Å². The number of fused-ring (bicyclic) bond motifs is 1. The van der Waals surface area contributed by atoms with Crippen LogP contribution in [0.5, 0.6) is 0 Å². The summed E-state index contributed by atoms with van der Waals surface area (Å²) in [4.78, 5) is 2.47. The molecule has 0 aromatic heterocycles. The second-order valence-electron chi connectivity index (χ2n) is 5.72. The highest BCUT2D eigenvalue weighted by Crippen LogP contribution is 2.39. The van der Waals surface area contributed by atoms with E-state index >= 15 is 0 Å². The Kier molecular flexibility index (Phi) is 3.66. The SMILES string of the molecule is N#Cc1cc(Cl)ccc1N1CCCC2CCCCC21. The molecule has 2 unspecified atom stereocenters. The zero-order chi connectivity index (χ0) is 13.2. The Hall–Kier alpha value is -1.20. The van der Waals surface area contributed by atoms with E-state index < -0.39 is 0 Å². The summed E-state index contributed by atoms with van der Waals surface area (Å²) >= 11 is 6.00. The molecule has 0 N–H and O–H groups in total. The van der Waals surface area contributed by atoms with E-state index in [-0.39, 0.29) is 0 Å². The number of anilines is 1. The molecule has 3 rings (SSSR count). The van der Waals surface area contributed by atoms with Crippen molar-refractivity contribution in [2.75, 3.05) is 11.4 Å². The molecule has 1 saturated carbocycles. The van der Waals surface area contributed by atoms with Gasteiger partial charge in [-0.05, 0) is 49.8 Å². The largest absolute Gasteiger partial charge is 0.367 e. The molecule has 0 amide bonds. The minimum Gasteiger partial charge on any atom is -0.367 e. The molecular weight excluding hydrogens is 256 g/mol. The van der Waals surface area contributed by atoms with Crippen molar-refractivity contribution < 1.29 is 0 Å². The predicted molar refractivity (Wildman–Crippen MR) is 78.5 cm³/mol. The quantitative estimate of drug-likeness (QED) is 0.760. The maximum atomic E-state index is 9.33. The fourth-order valence-electron chi connectivity index (χ4n) is 3.77. The minimum atomic E-state index is 0.635. The van der Waals surface area contributed by atoms with Crippen LogP contribution in [-0.2, 0) is 0 Å². The lowest BCUT2D eigenvalue weighted by Gasteiger charge is -2.45. The molecule has 1 saturated heterocycles. The zero-order valence-corrected chi connectivity index (χ0v) is 11.9. The lowest BCUT2D eigenvalue weighted by atomic mass is 9.78. The van der Waals surface area contributed by atoms with Gasteiger partial charge in [0.25, 0.3) is 0 Å². The van der Waals surface area contributed by atoms with E-state index in [4.69, 9.17) is 11.6 Å². The van der Waals surface area contributed by atoms with Crippen LogP contribution in [0, 0.1) is 17.2 Å². The maximum Gasteiger partial charge on any atom is 0.101 e. The zero-order valence-electron chi connectivity index (χ0n) is 11.1. The van der Waals surface area contributed by atoms with Gasteiger partial charge in [0.1, 0.15) is 6.07 Å². The van der Waals surface area contributed by atoms with Crippen LogP contribution < -0.4 is 4.90 Å². The van der Waals surface area contributed by atoms with Crippen LogP contribution in [0.2, 0.25) is 5.02 Å². The number of nitriles is 1. The Morgan fingerprint density at radius 1 is 1.16 bits per heavy atom. The first kappa shape index (κ1) is 12.8. The molecule has 0 spiro atoms. The van der Waals surface area contributed by atoms with Crippen molar-refractivity contribution in [1.82, 2.24) is 0 Å². The monoisotopic (exact) mass is 274 g/mol. The van der Waals surface area contributed by atoms with Gasteiger partial charge in [-0.15, -0.1) is 0 Å². The second kappa shape index (κ2) is 5.43. The molecular formula is C16H19ClN2. The molecule has 3 heteroatoms. The summed E-state index contributed by atoms with van der Waals surface area (Å²) in [5.41, 5.74) is 1.81. The summed E-state index contributed by atoms with van der Waals surface area (Å²) in [5, 5.41) is 9.98. The van der Waals surface area contributed by atoms with Crippen molar-refractivity contribution in [3.63, 3.8) is 0 Å². The second-order valence-corrected chi connectivity index (χ2v) is 6.16. The summed E-state index contributed by atoms with van der Waals surface area (Å²) in [6.45, 7) is 1.08. The minimum absolute atomic E-state index is 0.635. The van der Waals surface area contributed by atoms with E-state index in [1.807, 2.05) is 12.1 Å². The van der Waals surface area contributed by atoms with Crippen LogP contribution in [0.1, 0.15) is 44.1 Å². The van der Waals surface area contributed by atoms with E-state index in [0.717, 1.165) is 23.7 Å². The molecule has 0 radical (unpaired) electrons. The lowest BCUT2D eigenvalue weighted by Crippen LogP contribution is -2.47. The average Bonchev–Trinajstić information content (AvgIpc) is 2.46. The van der Waals surface area contributed by atoms with Crippen LogP contribution in [0.3, 0.4) is 0 Å². The molecule has 2 atom stereocenters. The summed E-state index contributed by atoms with van der Waals surface area (Å²) in [5.74, 6) is 0.824. The van der Waals surface area contributed by atoms with E-state index in [2.05, 4.69) is 11.0 Å². The van der Waals surface area contributed by atoms with Crippen molar-refractivity contribution in [2.24, 2.45) is 5.92 Å². The van der Waals surface area contributed by atoms with Gasteiger partial charge in [0.2, 0.25) is 0 Å². The van der Waals surface area contributed by atoms with Gasteiger partial charge in [0, 0.05) is 17.6 Å². The average molecular weight is 275 g/mol. The van der Waals surface area contributed by atoms with Crippen molar-refractivity contribution >= 4 is 17.3 Å². The maximum absolute atomic E-state index is 9.33. The third-order valence-corrected chi connectivity index (χ3v) is 4.87. The number of benzene rings is 1. The van der Waals surface area contributed by atoms with E-state index in [1.54, 1.807) is 6.07 Å². The number of hydrogen-bond acceptors (Lipinski definition) is 2. The van der Waals surface area contributed by atoms with Crippen LogP contribution in [0.25, 0.3) is 0 Å². The lowest BCUT2D eigenvalue weighted by molar-refractivity contribution is 0.244. The highest BCUT2D eigenvalue weighted by atomic mass is 35.5. The topological polar surface area (TPSA) is 27.0 Å². The van der Waals surface area contributed by atoms with Crippen molar-refractivity contribution in [1.29, 1.82) is 5.26 Å². The Bertz CT molecular complexity index is 504. The summed E-state index contributed by atoms with van der Waals surface area (Å²) < 4.78 is 0. The molecule has 1 heterocycles. The van der Waals surface area contributed by atoms with Gasteiger partial charge in [-0.3, -0.25) is 0 Å². The smallest absolute Gasteiger partial charge is 0.101 e. The number of piperidine rings is 1. The molecule has 1 aliphatic carbocycles. The summed E-state index contributed by atoms with van der Waals surface area (Å²) in [6, 6.07) is 8.67. The van der Waals surface area contributed by atoms with Crippen molar-refractivity contribution in [3.8, 4) is 6.07 Å². The van der Waals surface area contributed by atoms with Crippen LogP contribution in [-0.4, -0.2) is 12.6 Å². The molecule has 1 aromatic carbocycles. The van der Waals surface area contributed by atoms with Crippen LogP contribution in [0.15, 0.2) is 18.2 Å². The van der Waals surface area contributed by atoms with Gasteiger partial charge in [-0.1, -0.05) is 24.4 Å². The molecule has 19 heavy (non-hydrogen) atoms. The van der Waals surface area contributed by atoms with E-state index in [1.165, 1.54) is 38.5 Å². The normalized spacial score (nSPS) is 26.6. The Morgan fingerprint density at radius 3 is 2.79 bits per heavy atom. The predicted octanol–water partition coefficient (Wildman–Crippen LogP) is 4.37. The molecule has 1 aliphatic heterocycles. The number of rotatable bonds is 1. The van der Waals surface area contributed by atoms with Gasteiger partial charge in [-0.2, -0.15) is 5.26 Å². The van der Waals surface area contributed by atoms with Gasteiger partial charge in [0.05, 0.1) is 11.3 Å². The van der Waals surface area contributed by atoms with Crippen LogP contribution in [0.4, 0.5) is 5.69 Å². The Morgan fingerprint density at radius 2 is 1.95 bits per heavy atom. The molecule has 2 nitrogen and oxygen atoms in total. The summed E-state index contributed by atoms with van der Waals surface area (Å²) in [6.07, 6.45) is 7.94. The Balaban J connectivity index is 1.94. The van der Waals surface area contributed by atoms with Crippen LogP contribution >= 0.6 is 11.6 Å². The third kappa shape index (κ3) is 2.44. The van der Waals surface area contributed by atoms with Gasteiger partial charge >= 0.3 is 0 Å². The number of halogens is 1. The van der Waals surface area contributed by atoms with E-state index in [9.17, 15) is 5.26 Å². The fraction of sp³-hybridized carbons (Fsp3) is 0.562.